The second-order valence-electron chi connectivity index (χ2n) is 9.09. The Morgan fingerprint density at radius 1 is 0.943 bits per heavy atom. The number of aromatic nitrogens is 4. The Labute approximate surface area is 210 Å². The molecule has 0 aliphatic heterocycles. The largest absolute Gasteiger partial charge is 0.331 e. The Balaban J connectivity index is 1.34. The molecule has 2 aromatic carbocycles. The van der Waals surface area contributed by atoms with Gasteiger partial charge in [-0.3, -0.25) is 0 Å². The quantitative estimate of drug-likeness (QED) is 0.261. The van der Waals surface area contributed by atoms with Crippen molar-refractivity contribution in [2.24, 2.45) is 0 Å². The minimum Gasteiger partial charge on any atom is -0.331 e. The van der Waals surface area contributed by atoms with Crippen molar-refractivity contribution in [2.45, 2.75) is 40.2 Å². The summed E-state index contributed by atoms with van der Waals surface area (Å²) in [4.78, 5) is 16.1. The molecule has 0 saturated heterocycles. The van der Waals surface area contributed by atoms with Crippen LogP contribution in [0.4, 0.5) is 11.6 Å². The van der Waals surface area contributed by atoms with Crippen LogP contribution in [0.3, 0.4) is 0 Å². The first kappa shape index (κ1) is 23.0. The van der Waals surface area contributed by atoms with Gasteiger partial charge in [0, 0.05) is 35.7 Å². The summed E-state index contributed by atoms with van der Waals surface area (Å²) in [5, 5.41) is 3.36. The standard InChI is InChI=1S/C29H29N5S/c1-19(2)23-6-5-7-24(16-23)26-12-13-27(35-26)28-20(3)17-31-29(33-28)32-25-10-8-22(9-11-25)18-34-15-14-30-21(34)4/h5-17,19H,18H2,1-4H3,(H,31,32,33). The number of aryl methyl sites for hydroxylation is 2. The topological polar surface area (TPSA) is 55.6 Å². The molecule has 0 atom stereocenters. The van der Waals surface area contributed by atoms with Gasteiger partial charge in [0.1, 0.15) is 5.82 Å². The van der Waals surface area contributed by atoms with E-state index in [1.54, 1.807) is 11.3 Å². The van der Waals surface area contributed by atoms with Gasteiger partial charge < -0.3 is 9.88 Å². The molecule has 0 unspecified atom stereocenters. The normalized spacial score (nSPS) is 11.2. The van der Waals surface area contributed by atoms with Gasteiger partial charge in [-0.25, -0.2) is 15.0 Å². The molecule has 0 radical (unpaired) electrons. The third-order valence-corrected chi connectivity index (χ3v) is 7.28. The highest BCUT2D eigenvalue weighted by Crippen LogP contribution is 2.36. The fourth-order valence-electron chi connectivity index (χ4n) is 4.01. The van der Waals surface area contributed by atoms with Gasteiger partial charge in [-0.2, -0.15) is 0 Å². The lowest BCUT2D eigenvalue weighted by molar-refractivity contribution is 0.762. The molecule has 6 heteroatoms. The zero-order valence-electron chi connectivity index (χ0n) is 20.5. The maximum Gasteiger partial charge on any atom is 0.227 e. The molecule has 0 bridgehead atoms. The van der Waals surface area contributed by atoms with E-state index in [0.29, 0.717) is 11.9 Å². The molecule has 3 aromatic heterocycles. The van der Waals surface area contributed by atoms with E-state index in [1.165, 1.54) is 21.6 Å². The lowest BCUT2D eigenvalue weighted by Crippen LogP contribution is -2.02. The molecule has 0 amide bonds. The van der Waals surface area contributed by atoms with Gasteiger partial charge in [0.2, 0.25) is 5.95 Å². The Hall–Kier alpha value is -3.77. The van der Waals surface area contributed by atoms with E-state index in [2.05, 4.69) is 101 Å². The van der Waals surface area contributed by atoms with Crippen molar-refractivity contribution in [2.75, 3.05) is 5.32 Å². The molecule has 5 rings (SSSR count). The van der Waals surface area contributed by atoms with Gasteiger partial charge in [0.15, 0.2) is 0 Å². The van der Waals surface area contributed by atoms with Crippen LogP contribution in [0.5, 0.6) is 0 Å². The molecule has 35 heavy (non-hydrogen) atoms. The van der Waals surface area contributed by atoms with Gasteiger partial charge in [-0.05, 0) is 66.3 Å². The van der Waals surface area contributed by atoms with E-state index in [9.17, 15) is 0 Å². The maximum absolute atomic E-state index is 4.86. The summed E-state index contributed by atoms with van der Waals surface area (Å²) in [7, 11) is 0. The molecule has 0 aliphatic rings. The SMILES string of the molecule is Cc1cnc(Nc2ccc(Cn3ccnc3C)cc2)nc1-c1ccc(-c2cccc(C(C)C)c2)s1. The first-order chi connectivity index (χ1) is 17.0. The predicted molar refractivity (Wildman–Crippen MR) is 145 cm³/mol. The summed E-state index contributed by atoms with van der Waals surface area (Å²) < 4.78 is 2.13. The van der Waals surface area contributed by atoms with Crippen LogP contribution in [-0.2, 0) is 6.54 Å². The van der Waals surface area contributed by atoms with Crippen LogP contribution in [0.1, 0.15) is 42.3 Å². The number of hydrogen-bond acceptors (Lipinski definition) is 5. The lowest BCUT2D eigenvalue weighted by atomic mass is 10.0. The van der Waals surface area contributed by atoms with E-state index in [4.69, 9.17) is 4.98 Å². The number of imidazole rings is 1. The second-order valence-corrected chi connectivity index (χ2v) is 10.2. The van der Waals surface area contributed by atoms with Crippen molar-refractivity contribution in [1.29, 1.82) is 0 Å². The Bertz CT molecular complexity index is 1450. The number of nitrogens with one attached hydrogen (secondary N) is 1. The molecule has 0 aliphatic carbocycles. The number of hydrogen-bond donors (Lipinski definition) is 1. The van der Waals surface area contributed by atoms with Crippen LogP contribution in [0.15, 0.2) is 79.3 Å². The van der Waals surface area contributed by atoms with E-state index >= 15 is 0 Å². The van der Waals surface area contributed by atoms with E-state index in [1.807, 2.05) is 25.5 Å². The van der Waals surface area contributed by atoms with Gasteiger partial charge in [0.05, 0.1) is 10.6 Å². The van der Waals surface area contributed by atoms with Crippen molar-refractivity contribution in [1.82, 2.24) is 19.5 Å². The van der Waals surface area contributed by atoms with Crippen LogP contribution in [0.2, 0.25) is 0 Å². The third-order valence-electron chi connectivity index (χ3n) is 6.14. The van der Waals surface area contributed by atoms with Crippen molar-refractivity contribution in [3.63, 3.8) is 0 Å². The van der Waals surface area contributed by atoms with Crippen LogP contribution < -0.4 is 5.32 Å². The number of nitrogens with zero attached hydrogens (tertiary/aromatic N) is 4. The van der Waals surface area contributed by atoms with Crippen LogP contribution in [-0.4, -0.2) is 19.5 Å². The van der Waals surface area contributed by atoms with Gasteiger partial charge in [0.25, 0.3) is 0 Å². The lowest BCUT2D eigenvalue weighted by Gasteiger charge is -2.10. The predicted octanol–water partition coefficient (Wildman–Crippen LogP) is 7.60. The van der Waals surface area contributed by atoms with Crippen molar-refractivity contribution < 1.29 is 0 Å². The molecule has 3 heterocycles. The molecule has 0 spiro atoms. The van der Waals surface area contributed by atoms with Gasteiger partial charge in [-0.15, -0.1) is 11.3 Å². The highest BCUT2D eigenvalue weighted by molar-refractivity contribution is 7.18. The molecule has 5 nitrogen and oxygen atoms in total. The van der Waals surface area contributed by atoms with Crippen molar-refractivity contribution in [3.8, 4) is 21.0 Å². The molecule has 176 valence electrons. The van der Waals surface area contributed by atoms with Crippen molar-refractivity contribution in [3.05, 3.63) is 102 Å². The maximum atomic E-state index is 4.86. The number of thiophene rings is 1. The second kappa shape index (κ2) is 9.84. The van der Waals surface area contributed by atoms with Crippen molar-refractivity contribution >= 4 is 23.0 Å². The first-order valence-corrected chi connectivity index (χ1v) is 12.7. The van der Waals surface area contributed by atoms with Crippen LogP contribution >= 0.6 is 11.3 Å². The fraction of sp³-hybridized carbons (Fsp3) is 0.207. The van der Waals surface area contributed by atoms with E-state index < -0.39 is 0 Å². The fourth-order valence-corrected chi connectivity index (χ4v) is 5.07. The molecule has 0 saturated carbocycles. The summed E-state index contributed by atoms with van der Waals surface area (Å²) in [6, 6.07) is 21.5. The summed E-state index contributed by atoms with van der Waals surface area (Å²) in [5.74, 6) is 2.12. The molecule has 1 N–H and O–H groups in total. The highest BCUT2D eigenvalue weighted by atomic mass is 32.1. The number of anilines is 2. The Kier molecular flexibility index (Phi) is 6.47. The average Bonchev–Trinajstić information content (AvgIpc) is 3.51. The zero-order valence-corrected chi connectivity index (χ0v) is 21.3. The highest BCUT2D eigenvalue weighted by Gasteiger charge is 2.12. The monoisotopic (exact) mass is 479 g/mol. The van der Waals surface area contributed by atoms with E-state index in [-0.39, 0.29) is 0 Å². The number of rotatable bonds is 7. The molecule has 0 fully saturated rings. The molecule has 5 aromatic rings. The summed E-state index contributed by atoms with van der Waals surface area (Å²) in [5.41, 5.74) is 6.81. The van der Waals surface area contributed by atoms with Gasteiger partial charge >= 0.3 is 0 Å². The average molecular weight is 480 g/mol. The smallest absolute Gasteiger partial charge is 0.227 e. The zero-order chi connectivity index (χ0) is 24.4. The minimum absolute atomic E-state index is 0.510. The summed E-state index contributed by atoms with van der Waals surface area (Å²) in [6.45, 7) is 9.34. The molecular weight excluding hydrogens is 450 g/mol. The van der Waals surface area contributed by atoms with Crippen LogP contribution in [0.25, 0.3) is 21.0 Å². The van der Waals surface area contributed by atoms with E-state index in [0.717, 1.165) is 34.2 Å². The minimum atomic E-state index is 0.510. The third kappa shape index (κ3) is 5.17. The molecular formula is C29H29N5S. The Morgan fingerprint density at radius 3 is 2.49 bits per heavy atom. The van der Waals surface area contributed by atoms with Gasteiger partial charge in [-0.1, -0.05) is 50.2 Å². The summed E-state index contributed by atoms with van der Waals surface area (Å²) in [6.07, 6.45) is 5.72. The first-order valence-electron chi connectivity index (χ1n) is 11.8. The summed E-state index contributed by atoms with van der Waals surface area (Å²) >= 11 is 1.77. The Morgan fingerprint density at radius 2 is 1.74 bits per heavy atom. The number of benzene rings is 2. The van der Waals surface area contributed by atoms with Crippen LogP contribution in [0, 0.1) is 13.8 Å².